The first kappa shape index (κ1) is 28.1. The standard InChI is InChI=1S/C30H39IN4O/c1-6-11-26-19-27(15-14-22(26)3)30(36)34-16-17-35(28(31)21-34)23(4)29(32-5)33-20-24(7-2)18-25-12-9-8-10-13-25/h8-10,12-15,19-20,24,28H,4,6-7,11,16-18,21H2,1-3,5H3/b32-29-,33-20-. The van der Waals surface area contributed by atoms with Crippen molar-refractivity contribution in [1.82, 2.24) is 9.80 Å². The molecule has 0 bridgehead atoms. The molecule has 1 fully saturated rings. The van der Waals surface area contributed by atoms with Crippen LogP contribution in [0.3, 0.4) is 0 Å². The minimum Gasteiger partial charge on any atom is -0.354 e. The summed E-state index contributed by atoms with van der Waals surface area (Å²) in [5, 5.41) is 0. The molecule has 6 heteroatoms. The first-order chi connectivity index (χ1) is 17.4. The summed E-state index contributed by atoms with van der Waals surface area (Å²) >= 11 is 2.41. The van der Waals surface area contributed by atoms with Gasteiger partial charge in [0.05, 0.1) is 16.3 Å². The van der Waals surface area contributed by atoms with Crippen LogP contribution in [0.4, 0.5) is 0 Å². The summed E-state index contributed by atoms with van der Waals surface area (Å²) in [5.41, 5.74) is 5.43. The van der Waals surface area contributed by atoms with Gasteiger partial charge in [0.1, 0.15) is 0 Å². The van der Waals surface area contributed by atoms with Gasteiger partial charge in [0.2, 0.25) is 0 Å². The van der Waals surface area contributed by atoms with E-state index in [0.717, 1.165) is 36.9 Å². The molecular formula is C30H39IN4O. The Morgan fingerprint density at radius 1 is 1.19 bits per heavy atom. The second-order valence-electron chi connectivity index (χ2n) is 9.40. The Hall–Kier alpha value is -2.48. The van der Waals surface area contributed by atoms with Crippen LogP contribution in [0.2, 0.25) is 0 Å². The molecular weight excluding hydrogens is 559 g/mol. The number of benzene rings is 2. The van der Waals surface area contributed by atoms with Gasteiger partial charge in [-0.2, -0.15) is 0 Å². The molecule has 1 amide bonds. The van der Waals surface area contributed by atoms with E-state index in [9.17, 15) is 4.79 Å². The van der Waals surface area contributed by atoms with Crippen molar-refractivity contribution in [1.29, 1.82) is 0 Å². The SMILES string of the molecule is C=C(C(/N=C\C(CC)Cc1ccccc1)=N/C)N1CCN(C(=O)c2ccc(C)c(CCC)c2)CC1I. The molecule has 5 nitrogen and oxygen atoms in total. The summed E-state index contributed by atoms with van der Waals surface area (Å²) in [4.78, 5) is 26.7. The topological polar surface area (TPSA) is 48.3 Å². The number of hydrogen-bond acceptors (Lipinski definition) is 3. The van der Waals surface area contributed by atoms with Gasteiger partial charge in [0, 0.05) is 31.9 Å². The van der Waals surface area contributed by atoms with Gasteiger partial charge in [0.15, 0.2) is 5.84 Å². The van der Waals surface area contributed by atoms with Crippen LogP contribution < -0.4 is 0 Å². The van der Waals surface area contributed by atoms with E-state index in [0.29, 0.717) is 31.4 Å². The Morgan fingerprint density at radius 3 is 2.58 bits per heavy atom. The van der Waals surface area contributed by atoms with E-state index in [1.807, 2.05) is 23.2 Å². The van der Waals surface area contributed by atoms with Gasteiger partial charge in [-0.1, -0.05) is 85.8 Å². The lowest BCUT2D eigenvalue weighted by molar-refractivity contribution is 0.0663. The highest BCUT2D eigenvalue weighted by Gasteiger charge is 2.30. The van der Waals surface area contributed by atoms with Crippen LogP contribution >= 0.6 is 22.6 Å². The zero-order chi connectivity index (χ0) is 26.1. The largest absolute Gasteiger partial charge is 0.354 e. The summed E-state index contributed by atoms with van der Waals surface area (Å²) in [6.45, 7) is 12.8. The Balaban J connectivity index is 1.63. The van der Waals surface area contributed by atoms with E-state index in [-0.39, 0.29) is 9.96 Å². The number of alkyl halides is 1. The lowest BCUT2D eigenvalue weighted by Gasteiger charge is -2.40. The lowest BCUT2D eigenvalue weighted by atomic mass is 9.98. The summed E-state index contributed by atoms with van der Waals surface area (Å²) in [5.74, 6) is 1.10. The Kier molecular flexibility index (Phi) is 10.7. The van der Waals surface area contributed by atoms with E-state index >= 15 is 0 Å². The molecule has 0 saturated carbocycles. The summed E-state index contributed by atoms with van der Waals surface area (Å²) in [6, 6.07) is 16.6. The number of aryl methyl sites for hydroxylation is 2. The molecule has 2 aromatic rings. The van der Waals surface area contributed by atoms with Gasteiger partial charge >= 0.3 is 0 Å². The normalized spacial score (nSPS) is 17.5. The fourth-order valence-corrected chi connectivity index (χ4v) is 5.63. The van der Waals surface area contributed by atoms with Gasteiger partial charge in [-0.25, -0.2) is 4.99 Å². The van der Waals surface area contributed by atoms with Gasteiger partial charge in [-0.15, -0.1) is 0 Å². The number of rotatable bonds is 9. The number of amides is 1. The van der Waals surface area contributed by atoms with Crippen LogP contribution in [0, 0.1) is 12.8 Å². The molecule has 0 aromatic heterocycles. The summed E-state index contributed by atoms with van der Waals surface area (Å²) < 4.78 is 0.103. The van der Waals surface area contributed by atoms with Gasteiger partial charge in [-0.3, -0.25) is 9.79 Å². The number of carbonyl (C=O) groups excluding carboxylic acids is 1. The Labute approximate surface area is 230 Å². The van der Waals surface area contributed by atoms with Crippen LogP contribution in [0.15, 0.2) is 70.8 Å². The number of halogens is 1. The molecule has 0 N–H and O–H groups in total. The highest BCUT2D eigenvalue weighted by atomic mass is 127. The molecule has 1 heterocycles. The van der Waals surface area contributed by atoms with Gasteiger partial charge < -0.3 is 9.80 Å². The first-order valence-electron chi connectivity index (χ1n) is 12.9. The van der Waals surface area contributed by atoms with Crippen LogP contribution in [-0.4, -0.2) is 58.5 Å². The van der Waals surface area contributed by atoms with Crippen molar-refractivity contribution in [3.63, 3.8) is 0 Å². The van der Waals surface area contributed by atoms with Crippen molar-refractivity contribution < 1.29 is 4.79 Å². The molecule has 1 aliphatic heterocycles. The maximum absolute atomic E-state index is 13.3. The van der Waals surface area contributed by atoms with E-state index < -0.39 is 0 Å². The van der Waals surface area contributed by atoms with Gasteiger partial charge in [0.25, 0.3) is 5.91 Å². The monoisotopic (exact) mass is 598 g/mol. The highest BCUT2D eigenvalue weighted by molar-refractivity contribution is 14.1. The molecule has 0 spiro atoms. The predicted octanol–water partition coefficient (Wildman–Crippen LogP) is 6.35. The van der Waals surface area contributed by atoms with Crippen molar-refractivity contribution in [2.45, 2.75) is 50.5 Å². The van der Waals surface area contributed by atoms with E-state index in [1.54, 1.807) is 7.05 Å². The zero-order valence-electron chi connectivity index (χ0n) is 22.1. The molecule has 0 radical (unpaired) electrons. The lowest BCUT2D eigenvalue weighted by Crippen LogP contribution is -2.52. The quantitative estimate of drug-likeness (QED) is 0.111. The number of carbonyl (C=O) groups is 1. The number of amidine groups is 1. The second kappa shape index (κ2) is 13.7. The summed E-state index contributed by atoms with van der Waals surface area (Å²) in [7, 11) is 1.77. The maximum atomic E-state index is 13.3. The van der Waals surface area contributed by atoms with E-state index in [1.165, 1.54) is 16.7 Å². The average Bonchev–Trinajstić information content (AvgIpc) is 2.89. The highest BCUT2D eigenvalue weighted by Crippen LogP contribution is 2.23. The molecule has 1 saturated heterocycles. The Morgan fingerprint density at radius 2 is 1.94 bits per heavy atom. The molecule has 192 valence electrons. The maximum Gasteiger partial charge on any atom is 0.254 e. The second-order valence-corrected chi connectivity index (χ2v) is 10.8. The molecule has 3 rings (SSSR count). The van der Waals surface area contributed by atoms with Crippen LogP contribution in [-0.2, 0) is 12.8 Å². The van der Waals surface area contributed by atoms with Crippen molar-refractivity contribution in [3.8, 4) is 0 Å². The molecule has 2 atom stereocenters. The minimum absolute atomic E-state index is 0.103. The number of hydrogen-bond donors (Lipinski definition) is 0. The third-order valence-electron chi connectivity index (χ3n) is 6.81. The van der Waals surface area contributed by atoms with E-state index in [2.05, 4.69) is 96.2 Å². The van der Waals surface area contributed by atoms with Gasteiger partial charge in [-0.05, 0) is 60.9 Å². The van der Waals surface area contributed by atoms with Crippen molar-refractivity contribution in [2.24, 2.45) is 15.9 Å². The van der Waals surface area contributed by atoms with Crippen molar-refractivity contribution in [2.75, 3.05) is 26.7 Å². The fraction of sp³-hybridized carbons (Fsp3) is 0.433. The predicted molar refractivity (Wildman–Crippen MR) is 161 cm³/mol. The van der Waals surface area contributed by atoms with Crippen molar-refractivity contribution >= 4 is 40.5 Å². The zero-order valence-corrected chi connectivity index (χ0v) is 24.2. The van der Waals surface area contributed by atoms with Crippen LogP contribution in [0.5, 0.6) is 0 Å². The summed E-state index contributed by atoms with van der Waals surface area (Å²) in [6.07, 6.45) is 6.06. The van der Waals surface area contributed by atoms with E-state index in [4.69, 9.17) is 4.99 Å². The number of nitrogens with zero attached hydrogens (tertiary/aromatic N) is 4. The van der Waals surface area contributed by atoms with Crippen LogP contribution in [0.1, 0.15) is 53.7 Å². The van der Waals surface area contributed by atoms with Crippen molar-refractivity contribution in [3.05, 3.63) is 83.1 Å². The third-order valence-corrected chi connectivity index (χ3v) is 7.88. The molecule has 1 aliphatic rings. The molecule has 2 aromatic carbocycles. The molecule has 36 heavy (non-hydrogen) atoms. The molecule has 0 aliphatic carbocycles. The minimum atomic E-state index is 0.103. The third kappa shape index (κ3) is 7.28. The Bertz CT molecular complexity index is 1100. The average molecular weight is 599 g/mol. The first-order valence-corrected chi connectivity index (χ1v) is 14.2. The smallest absolute Gasteiger partial charge is 0.254 e. The molecule has 2 unspecified atom stereocenters. The number of piperazine rings is 1. The fourth-order valence-electron chi connectivity index (χ4n) is 4.54. The van der Waals surface area contributed by atoms with Crippen LogP contribution in [0.25, 0.3) is 0 Å². The number of aliphatic imine (C=N–C) groups is 2.